The van der Waals surface area contributed by atoms with Gasteiger partial charge in [-0.05, 0) is 25.8 Å². The number of aliphatic carboxylic acids is 2. The van der Waals surface area contributed by atoms with Gasteiger partial charge in [0, 0.05) is 11.3 Å². The van der Waals surface area contributed by atoms with Crippen molar-refractivity contribution >= 4 is 39.3 Å². The van der Waals surface area contributed by atoms with Gasteiger partial charge in [-0.1, -0.05) is 0 Å². The van der Waals surface area contributed by atoms with E-state index in [-0.39, 0.29) is 12.8 Å². The monoisotopic (exact) mass is 309 g/mol. The summed E-state index contributed by atoms with van der Waals surface area (Å²) in [7, 11) is 0. The molecule has 2 aromatic rings. The summed E-state index contributed by atoms with van der Waals surface area (Å²) in [6.07, 6.45) is 1.13. The second kappa shape index (κ2) is 6.04. The quantitative estimate of drug-likeness (QED) is 0.748. The number of hydrogen-bond acceptors (Lipinski definition) is 6. The van der Waals surface area contributed by atoms with Gasteiger partial charge in [0.05, 0.1) is 5.39 Å². The van der Waals surface area contributed by atoms with Crippen LogP contribution in [0.25, 0.3) is 10.2 Å². The molecule has 0 aliphatic carbocycles. The first-order valence-corrected chi connectivity index (χ1v) is 7.13. The Kier molecular flexibility index (Phi) is 4.37. The lowest BCUT2D eigenvalue weighted by atomic mass is 10.1. The molecule has 0 saturated carbocycles. The number of nitrogens with one attached hydrogen (secondary N) is 1. The maximum Gasteiger partial charge on any atom is 0.326 e. The van der Waals surface area contributed by atoms with Crippen molar-refractivity contribution in [2.45, 2.75) is 32.7 Å². The molecule has 2 aromatic heterocycles. The predicted octanol–water partition coefficient (Wildman–Crippen LogP) is 2.04. The molecule has 0 amide bonds. The van der Waals surface area contributed by atoms with Crippen molar-refractivity contribution in [3.63, 3.8) is 0 Å². The normalized spacial score (nSPS) is 12.3. The average Bonchev–Trinajstić information content (AvgIpc) is 2.70. The van der Waals surface area contributed by atoms with Crippen molar-refractivity contribution in [1.29, 1.82) is 0 Å². The lowest BCUT2D eigenvalue weighted by molar-refractivity contribution is -0.139. The summed E-state index contributed by atoms with van der Waals surface area (Å²) < 4.78 is 0. The van der Waals surface area contributed by atoms with Gasteiger partial charge in [0.25, 0.3) is 0 Å². The Hall–Kier alpha value is -2.22. The van der Waals surface area contributed by atoms with Gasteiger partial charge in [0.15, 0.2) is 0 Å². The SMILES string of the molecule is Cc1sc2ncnc(N[C@H](CCC(=O)O)C(=O)O)c2c1C. The van der Waals surface area contributed by atoms with Gasteiger partial charge in [0.2, 0.25) is 0 Å². The fraction of sp³-hybridized carbons (Fsp3) is 0.385. The molecule has 0 radical (unpaired) electrons. The molecular weight excluding hydrogens is 294 g/mol. The summed E-state index contributed by atoms with van der Waals surface area (Å²) in [4.78, 5) is 32.0. The van der Waals surface area contributed by atoms with Crippen molar-refractivity contribution < 1.29 is 19.8 Å². The van der Waals surface area contributed by atoms with Crippen LogP contribution in [0.1, 0.15) is 23.3 Å². The molecule has 0 aromatic carbocycles. The van der Waals surface area contributed by atoms with Gasteiger partial charge < -0.3 is 15.5 Å². The number of fused-ring (bicyclic) bond motifs is 1. The number of carboxylic acids is 2. The molecule has 2 rings (SSSR count). The molecule has 0 fully saturated rings. The van der Waals surface area contributed by atoms with Crippen LogP contribution >= 0.6 is 11.3 Å². The van der Waals surface area contributed by atoms with E-state index in [0.717, 1.165) is 20.7 Å². The van der Waals surface area contributed by atoms with Gasteiger partial charge >= 0.3 is 11.9 Å². The molecule has 7 nitrogen and oxygen atoms in total. The van der Waals surface area contributed by atoms with Crippen LogP contribution in [0.3, 0.4) is 0 Å². The van der Waals surface area contributed by atoms with E-state index in [2.05, 4.69) is 15.3 Å². The van der Waals surface area contributed by atoms with E-state index in [1.54, 1.807) is 0 Å². The Morgan fingerprint density at radius 3 is 2.67 bits per heavy atom. The van der Waals surface area contributed by atoms with Crippen molar-refractivity contribution in [2.75, 3.05) is 5.32 Å². The highest BCUT2D eigenvalue weighted by atomic mass is 32.1. The smallest absolute Gasteiger partial charge is 0.326 e. The molecule has 0 unspecified atom stereocenters. The zero-order valence-corrected chi connectivity index (χ0v) is 12.4. The third kappa shape index (κ3) is 3.27. The van der Waals surface area contributed by atoms with E-state index in [1.807, 2.05) is 13.8 Å². The van der Waals surface area contributed by atoms with Gasteiger partial charge in [-0.2, -0.15) is 0 Å². The van der Waals surface area contributed by atoms with E-state index in [9.17, 15) is 14.7 Å². The van der Waals surface area contributed by atoms with Crippen LogP contribution in [0, 0.1) is 13.8 Å². The second-order valence-electron chi connectivity index (χ2n) is 4.65. The number of carbonyl (C=O) groups is 2. The second-order valence-corrected chi connectivity index (χ2v) is 5.86. The van der Waals surface area contributed by atoms with Gasteiger partial charge in [0.1, 0.15) is 23.0 Å². The Bertz CT molecular complexity index is 698. The van der Waals surface area contributed by atoms with Crippen LogP contribution in [-0.2, 0) is 9.59 Å². The van der Waals surface area contributed by atoms with Crippen LogP contribution in [0.5, 0.6) is 0 Å². The highest BCUT2D eigenvalue weighted by Gasteiger charge is 2.21. The minimum atomic E-state index is -1.10. The van der Waals surface area contributed by atoms with Crippen LogP contribution < -0.4 is 5.32 Å². The standard InChI is InChI=1S/C13H15N3O4S/c1-6-7(2)21-12-10(6)11(14-5-15-12)16-8(13(19)20)3-4-9(17)18/h5,8H,3-4H2,1-2H3,(H,17,18)(H,19,20)(H,14,15,16)/t8-/m1/s1. The van der Waals surface area contributed by atoms with E-state index in [4.69, 9.17) is 5.11 Å². The molecular formula is C13H15N3O4S. The van der Waals surface area contributed by atoms with Crippen molar-refractivity contribution in [2.24, 2.45) is 0 Å². The number of aromatic nitrogens is 2. The summed E-state index contributed by atoms with van der Waals surface area (Å²) in [5.74, 6) is -1.70. The van der Waals surface area contributed by atoms with Crippen LogP contribution in [0.4, 0.5) is 5.82 Å². The van der Waals surface area contributed by atoms with E-state index in [0.29, 0.717) is 5.82 Å². The van der Waals surface area contributed by atoms with Gasteiger partial charge in [-0.3, -0.25) is 4.79 Å². The molecule has 2 heterocycles. The number of aryl methyl sites for hydroxylation is 2. The van der Waals surface area contributed by atoms with E-state index in [1.165, 1.54) is 17.7 Å². The Morgan fingerprint density at radius 2 is 2.05 bits per heavy atom. The molecule has 0 saturated heterocycles. The van der Waals surface area contributed by atoms with Crippen molar-refractivity contribution in [3.8, 4) is 0 Å². The Labute approximate surface area is 124 Å². The minimum Gasteiger partial charge on any atom is -0.481 e. The van der Waals surface area contributed by atoms with Gasteiger partial charge in [-0.25, -0.2) is 14.8 Å². The first-order valence-electron chi connectivity index (χ1n) is 6.32. The fourth-order valence-corrected chi connectivity index (χ4v) is 2.98. The molecule has 0 bridgehead atoms. The zero-order chi connectivity index (χ0) is 15.6. The fourth-order valence-electron chi connectivity index (χ4n) is 1.98. The third-order valence-electron chi connectivity index (χ3n) is 3.22. The molecule has 112 valence electrons. The van der Waals surface area contributed by atoms with Crippen molar-refractivity contribution in [1.82, 2.24) is 9.97 Å². The number of hydrogen-bond donors (Lipinski definition) is 3. The molecule has 1 atom stereocenters. The summed E-state index contributed by atoms with van der Waals surface area (Å²) in [5, 5.41) is 21.5. The highest BCUT2D eigenvalue weighted by Crippen LogP contribution is 2.32. The van der Waals surface area contributed by atoms with Crippen molar-refractivity contribution in [3.05, 3.63) is 16.8 Å². The molecule has 0 aliphatic heterocycles. The summed E-state index contributed by atoms with van der Waals surface area (Å²) >= 11 is 1.51. The topological polar surface area (TPSA) is 112 Å². The maximum atomic E-state index is 11.2. The minimum absolute atomic E-state index is 0.0155. The summed E-state index contributed by atoms with van der Waals surface area (Å²) in [6, 6.07) is -1.00. The lowest BCUT2D eigenvalue weighted by Gasteiger charge is -2.14. The maximum absolute atomic E-state index is 11.2. The molecule has 21 heavy (non-hydrogen) atoms. The highest BCUT2D eigenvalue weighted by molar-refractivity contribution is 7.18. The molecule has 8 heteroatoms. The first-order chi connectivity index (χ1) is 9.90. The third-order valence-corrected chi connectivity index (χ3v) is 4.34. The molecule has 0 spiro atoms. The lowest BCUT2D eigenvalue weighted by Crippen LogP contribution is -2.30. The molecule has 0 aliphatic rings. The van der Waals surface area contributed by atoms with Crippen LogP contribution in [0.15, 0.2) is 6.33 Å². The van der Waals surface area contributed by atoms with E-state index >= 15 is 0 Å². The van der Waals surface area contributed by atoms with E-state index < -0.39 is 18.0 Å². The van der Waals surface area contributed by atoms with Crippen LogP contribution in [-0.4, -0.2) is 38.2 Å². The Morgan fingerprint density at radius 1 is 1.33 bits per heavy atom. The Balaban J connectivity index is 2.32. The number of nitrogens with zero attached hydrogens (tertiary/aromatic N) is 2. The van der Waals surface area contributed by atoms with Crippen LogP contribution in [0.2, 0.25) is 0 Å². The van der Waals surface area contributed by atoms with Gasteiger partial charge in [-0.15, -0.1) is 11.3 Å². The summed E-state index contributed by atoms with van der Waals surface area (Å²) in [5.41, 5.74) is 1.00. The number of carboxylic acid groups (broad SMARTS) is 2. The average molecular weight is 309 g/mol. The zero-order valence-electron chi connectivity index (χ0n) is 11.6. The number of rotatable bonds is 6. The first kappa shape index (κ1) is 15.2. The largest absolute Gasteiger partial charge is 0.481 e. The molecule has 3 N–H and O–H groups in total. The summed E-state index contributed by atoms with van der Waals surface area (Å²) in [6.45, 7) is 3.89. The number of thiophene rings is 1. The number of anilines is 1. The predicted molar refractivity (Wildman–Crippen MR) is 78.8 cm³/mol.